The van der Waals surface area contributed by atoms with E-state index in [1.165, 1.54) is 6.07 Å². The summed E-state index contributed by atoms with van der Waals surface area (Å²) in [5.41, 5.74) is 7.66. The standard InChI is InChI=1S/C14H14F2N2/c15-12-4-5-14(16)11(7-12)9-18-8-10-2-1-3-13(17)6-10/h1-7,18H,8-9,17H2. The van der Waals surface area contributed by atoms with Crippen LogP contribution in [0.5, 0.6) is 0 Å². The minimum atomic E-state index is -0.433. The van der Waals surface area contributed by atoms with Gasteiger partial charge in [0.25, 0.3) is 0 Å². The van der Waals surface area contributed by atoms with E-state index >= 15 is 0 Å². The smallest absolute Gasteiger partial charge is 0.127 e. The highest BCUT2D eigenvalue weighted by molar-refractivity contribution is 5.40. The molecule has 0 saturated heterocycles. The lowest BCUT2D eigenvalue weighted by atomic mass is 10.2. The Bertz CT molecular complexity index is 541. The van der Waals surface area contributed by atoms with Crippen molar-refractivity contribution in [1.29, 1.82) is 0 Å². The number of hydrogen-bond donors (Lipinski definition) is 2. The Hall–Kier alpha value is -1.94. The second kappa shape index (κ2) is 5.60. The number of halogens is 2. The zero-order valence-corrected chi connectivity index (χ0v) is 9.79. The minimum absolute atomic E-state index is 0.276. The van der Waals surface area contributed by atoms with Crippen LogP contribution in [0.15, 0.2) is 42.5 Å². The van der Waals surface area contributed by atoms with Crippen LogP contribution in [0.4, 0.5) is 14.5 Å². The topological polar surface area (TPSA) is 38.0 Å². The van der Waals surface area contributed by atoms with Gasteiger partial charge < -0.3 is 11.1 Å². The van der Waals surface area contributed by atoms with Crippen LogP contribution in [0.1, 0.15) is 11.1 Å². The molecule has 0 heterocycles. The van der Waals surface area contributed by atoms with Crippen molar-refractivity contribution < 1.29 is 8.78 Å². The van der Waals surface area contributed by atoms with E-state index in [1.807, 2.05) is 18.2 Å². The van der Waals surface area contributed by atoms with Gasteiger partial charge in [0.2, 0.25) is 0 Å². The Labute approximate surface area is 104 Å². The van der Waals surface area contributed by atoms with Crippen molar-refractivity contribution >= 4 is 5.69 Å². The Morgan fingerprint density at radius 2 is 1.83 bits per heavy atom. The number of nitrogens with two attached hydrogens (primary N) is 1. The molecule has 0 fully saturated rings. The van der Waals surface area contributed by atoms with Gasteiger partial charge >= 0.3 is 0 Å². The zero-order valence-electron chi connectivity index (χ0n) is 9.79. The highest BCUT2D eigenvalue weighted by Gasteiger charge is 2.03. The number of benzene rings is 2. The van der Waals surface area contributed by atoms with Crippen molar-refractivity contribution in [1.82, 2.24) is 5.32 Å². The molecule has 18 heavy (non-hydrogen) atoms. The molecular formula is C14H14F2N2. The van der Waals surface area contributed by atoms with Gasteiger partial charge in [-0.05, 0) is 35.9 Å². The number of nitrogen functional groups attached to an aromatic ring is 1. The van der Waals surface area contributed by atoms with Crippen LogP contribution in [0.3, 0.4) is 0 Å². The highest BCUT2D eigenvalue weighted by atomic mass is 19.1. The first-order valence-electron chi connectivity index (χ1n) is 5.64. The molecule has 0 radical (unpaired) electrons. The predicted octanol–water partition coefficient (Wildman–Crippen LogP) is 2.84. The van der Waals surface area contributed by atoms with Crippen LogP contribution in [-0.4, -0.2) is 0 Å². The zero-order chi connectivity index (χ0) is 13.0. The normalized spacial score (nSPS) is 10.6. The summed E-state index contributed by atoms with van der Waals surface area (Å²) in [6.45, 7) is 0.833. The molecule has 0 amide bonds. The van der Waals surface area contributed by atoms with E-state index in [0.717, 1.165) is 17.7 Å². The Morgan fingerprint density at radius 1 is 1.00 bits per heavy atom. The fourth-order valence-corrected chi connectivity index (χ4v) is 1.72. The average molecular weight is 248 g/mol. The summed E-state index contributed by atoms with van der Waals surface area (Å²) in [6, 6.07) is 10.9. The molecule has 0 aliphatic heterocycles. The first kappa shape index (κ1) is 12.5. The van der Waals surface area contributed by atoms with Crippen LogP contribution in [-0.2, 0) is 13.1 Å². The van der Waals surface area contributed by atoms with Crippen molar-refractivity contribution in [2.24, 2.45) is 0 Å². The fraction of sp³-hybridized carbons (Fsp3) is 0.143. The molecular weight excluding hydrogens is 234 g/mol. The first-order valence-corrected chi connectivity index (χ1v) is 5.64. The maximum absolute atomic E-state index is 13.3. The van der Waals surface area contributed by atoms with Crippen LogP contribution >= 0.6 is 0 Å². The quantitative estimate of drug-likeness (QED) is 0.816. The molecule has 0 saturated carbocycles. The fourth-order valence-electron chi connectivity index (χ4n) is 1.72. The molecule has 0 aliphatic rings. The summed E-state index contributed by atoms with van der Waals surface area (Å²) in [5, 5.41) is 3.05. The van der Waals surface area contributed by atoms with Gasteiger partial charge in [-0.15, -0.1) is 0 Å². The lowest BCUT2D eigenvalue weighted by Crippen LogP contribution is -2.14. The lowest BCUT2D eigenvalue weighted by molar-refractivity contribution is 0.568. The Kier molecular flexibility index (Phi) is 3.89. The predicted molar refractivity (Wildman–Crippen MR) is 67.8 cm³/mol. The maximum Gasteiger partial charge on any atom is 0.127 e. The van der Waals surface area contributed by atoms with Gasteiger partial charge in [0.05, 0.1) is 0 Å². The Balaban J connectivity index is 1.94. The minimum Gasteiger partial charge on any atom is -0.399 e. The lowest BCUT2D eigenvalue weighted by Gasteiger charge is -2.07. The molecule has 0 aromatic heterocycles. The van der Waals surface area contributed by atoms with Crippen LogP contribution in [0, 0.1) is 11.6 Å². The van der Waals surface area contributed by atoms with Crippen LogP contribution in [0.25, 0.3) is 0 Å². The van der Waals surface area contributed by atoms with E-state index in [1.54, 1.807) is 6.07 Å². The van der Waals surface area contributed by atoms with E-state index in [-0.39, 0.29) is 6.54 Å². The number of anilines is 1. The van der Waals surface area contributed by atoms with Gasteiger partial charge in [-0.25, -0.2) is 8.78 Å². The summed E-state index contributed by atoms with van der Waals surface area (Å²) in [7, 11) is 0. The Morgan fingerprint density at radius 3 is 2.61 bits per heavy atom. The maximum atomic E-state index is 13.3. The SMILES string of the molecule is Nc1cccc(CNCc2cc(F)ccc2F)c1. The third kappa shape index (κ3) is 3.28. The second-order valence-electron chi connectivity index (χ2n) is 4.08. The third-order valence-corrected chi connectivity index (χ3v) is 2.60. The molecule has 0 atom stereocenters. The number of nitrogens with one attached hydrogen (secondary N) is 1. The van der Waals surface area contributed by atoms with Crippen molar-refractivity contribution in [3.05, 3.63) is 65.2 Å². The summed E-state index contributed by atoms with van der Waals surface area (Å²) in [6.07, 6.45) is 0. The molecule has 2 aromatic carbocycles. The summed E-state index contributed by atoms with van der Waals surface area (Å²) in [4.78, 5) is 0. The van der Waals surface area contributed by atoms with E-state index in [9.17, 15) is 8.78 Å². The molecule has 2 nitrogen and oxygen atoms in total. The number of rotatable bonds is 4. The molecule has 0 aliphatic carbocycles. The molecule has 2 rings (SSSR count). The molecule has 2 aromatic rings. The van der Waals surface area contributed by atoms with E-state index < -0.39 is 11.6 Å². The van der Waals surface area contributed by atoms with Gasteiger partial charge in [0.1, 0.15) is 11.6 Å². The molecule has 4 heteroatoms. The van der Waals surface area contributed by atoms with E-state index in [4.69, 9.17) is 5.73 Å². The first-order chi connectivity index (χ1) is 8.65. The van der Waals surface area contributed by atoms with Gasteiger partial charge in [0.15, 0.2) is 0 Å². The van der Waals surface area contributed by atoms with Crippen molar-refractivity contribution in [3.8, 4) is 0 Å². The summed E-state index contributed by atoms with van der Waals surface area (Å²) in [5.74, 6) is -0.839. The molecule has 0 unspecified atom stereocenters. The van der Waals surface area contributed by atoms with Crippen molar-refractivity contribution in [2.75, 3.05) is 5.73 Å². The molecule has 0 spiro atoms. The highest BCUT2D eigenvalue weighted by Crippen LogP contribution is 2.10. The van der Waals surface area contributed by atoms with Gasteiger partial charge in [0, 0.05) is 24.3 Å². The summed E-state index contributed by atoms with van der Waals surface area (Å²) < 4.78 is 26.3. The van der Waals surface area contributed by atoms with Crippen molar-refractivity contribution in [2.45, 2.75) is 13.1 Å². The third-order valence-electron chi connectivity index (χ3n) is 2.60. The average Bonchev–Trinajstić information content (AvgIpc) is 2.34. The second-order valence-corrected chi connectivity index (χ2v) is 4.08. The molecule has 3 N–H and O–H groups in total. The van der Waals surface area contributed by atoms with Gasteiger partial charge in [-0.1, -0.05) is 12.1 Å². The molecule has 94 valence electrons. The van der Waals surface area contributed by atoms with Crippen LogP contribution < -0.4 is 11.1 Å². The van der Waals surface area contributed by atoms with Crippen molar-refractivity contribution in [3.63, 3.8) is 0 Å². The summed E-state index contributed by atoms with van der Waals surface area (Å²) >= 11 is 0. The largest absolute Gasteiger partial charge is 0.399 e. The number of hydrogen-bond acceptors (Lipinski definition) is 2. The van der Waals surface area contributed by atoms with Crippen LogP contribution in [0.2, 0.25) is 0 Å². The van der Waals surface area contributed by atoms with E-state index in [2.05, 4.69) is 5.32 Å². The van der Waals surface area contributed by atoms with E-state index in [0.29, 0.717) is 17.8 Å². The molecule has 0 bridgehead atoms. The monoisotopic (exact) mass is 248 g/mol. The van der Waals surface area contributed by atoms with Gasteiger partial charge in [-0.3, -0.25) is 0 Å². The van der Waals surface area contributed by atoms with Gasteiger partial charge in [-0.2, -0.15) is 0 Å².